The standard InChI is InChI=1S/C33H35Cl2FN4O3/c1-17-15-40(24-11-8-18(30(37)41)12-25(24)43-17)31(42)29-27(20-6-5-7-22(35)28(20)36)33(26(39-29)14-32(2,3)4)16-38-23-13-19(34)9-10-21(23)33/h5-13,17,26-27,29,38-39H,14-16H2,1-4H3,(H2,37,41)/t17-,26+,27+,29-,33+/m1/s1. The van der Waals surface area contributed by atoms with Crippen molar-refractivity contribution in [2.24, 2.45) is 11.1 Å². The van der Waals surface area contributed by atoms with Crippen LogP contribution < -0.4 is 26.0 Å². The maximum absolute atomic E-state index is 16.1. The molecule has 6 rings (SSSR count). The van der Waals surface area contributed by atoms with Gasteiger partial charge in [0.05, 0.1) is 23.3 Å². The summed E-state index contributed by atoms with van der Waals surface area (Å²) in [6, 6.07) is 14.5. The summed E-state index contributed by atoms with van der Waals surface area (Å²) in [5, 5.41) is 7.84. The summed E-state index contributed by atoms with van der Waals surface area (Å²) in [6.45, 7) is 9.11. The van der Waals surface area contributed by atoms with Gasteiger partial charge in [-0.15, -0.1) is 0 Å². The lowest BCUT2D eigenvalue weighted by Gasteiger charge is -2.40. The number of nitrogens with one attached hydrogen (secondary N) is 2. The van der Waals surface area contributed by atoms with Gasteiger partial charge >= 0.3 is 0 Å². The van der Waals surface area contributed by atoms with Gasteiger partial charge in [-0.25, -0.2) is 4.39 Å². The number of fused-ring (bicyclic) bond motifs is 3. The predicted molar refractivity (Wildman–Crippen MR) is 168 cm³/mol. The zero-order valence-corrected chi connectivity index (χ0v) is 26.0. The normalized spacial score (nSPS) is 26.1. The molecule has 0 aliphatic carbocycles. The molecule has 3 aromatic carbocycles. The van der Waals surface area contributed by atoms with Crippen molar-refractivity contribution >= 4 is 46.4 Å². The highest BCUT2D eigenvalue weighted by Crippen LogP contribution is 2.57. The van der Waals surface area contributed by atoms with Gasteiger partial charge in [0, 0.05) is 40.2 Å². The van der Waals surface area contributed by atoms with E-state index >= 15 is 4.39 Å². The number of primary amides is 1. The fourth-order valence-corrected chi connectivity index (χ4v) is 7.58. The molecule has 3 aliphatic heterocycles. The third-order valence-corrected chi connectivity index (χ3v) is 9.44. The van der Waals surface area contributed by atoms with Crippen LogP contribution in [0.2, 0.25) is 10.0 Å². The van der Waals surface area contributed by atoms with Crippen LogP contribution in [0.3, 0.4) is 0 Å². The average Bonchev–Trinajstić information content (AvgIpc) is 3.46. The molecule has 3 heterocycles. The van der Waals surface area contributed by atoms with Crippen molar-refractivity contribution < 1.29 is 18.7 Å². The molecule has 0 radical (unpaired) electrons. The van der Waals surface area contributed by atoms with Gasteiger partial charge in [0.2, 0.25) is 11.8 Å². The minimum atomic E-state index is -0.808. The van der Waals surface area contributed by atoms with Gasteiger partial charge in [-0.05, 0) is 66.3 Å². The van der Waals surface area contributed by atoms with E-state index in [9.17, 15) is 9.59 Å². The van der Waals surface area contributed by atoms with Crippen LogP contribution in [0, 0.1) is 11.2 Å². The van der Waals surface area contributed by atoms with Gasteiger partial charge in [0.25, 0.3) is 0 Å². The molecule has 7 nitrogen and oxygen atoms in total. The monoisotopic (exact) mass is 624 g/mol. The summed E-state index contributed by atoms with van der Waals surface area (Å²) in [5.74, 6) is -1.56. The van der Waals surface area contributed by atoms with Crippen molar-refractivity contribution in [1.29, 1.82) is 0 Å². The summed E-state index contributed by atoms with van der Waals surface area (Å²) in [4.78, 5) is 28.4. The highest BCUT2D eigenvalue weighted by atomic mass is 35.5. The molecule has 2 amide bonds. The number of nitrogens with zero attached hydrogens (tertiary/aromatic N) is 1. The summed E-state index contributed by atoms with van der Waals surface area (Å²) in [6.07, 6.45) is 0.370. The maximum Gasteiger partial charge on any atom is 0.248 e. The van der Waals surface area contributed by atoms with E-state index in [2.05, 4.69) is 31.4 Å². The lowest BCUT2D eigenvalue weighted by atomic mass is 9.63. The molecule has 1 fully saturated rings. The van der Waals surface area contributed by atoms with E-state index in [1.54, 1.807) is 35.2 Å². The van der Waals surface area contributed by atoms with E-state index in [4.69, 9.17) is 33.7 Å². The first-order valence-corrected chi connectivity index (χ1v) is 15.2. The zero-order valence-electron chi connectivity index (χ0n) is 24.5. The Morgan fingerprint density at radius 1 is 1.14 bits per heavy atom. The molecule has 0 aromatic heterocycles. The number of nitrogens with two attached hydrogens (primary N) is 1. The zero-order chi connectivity index (χ0) is 30.8. The second kappa shape index (κ2) is 10.7. The van der Waals surface area contributed by atoms with E-state index in [0.717, 1.165) is 17.7 Å². The number of rotatable bonds is 4. The Morgan fingerprint density at radius 3 is 2.63 bits per heavy atom. The molecule has 0 bridgehead atoms. The Bertz CT molecular complexity index is 1630. The predicted octanol–water partition coefficient (Wildman–Crippen LogP) is 6.27. The van der Waals surface area contributed by atoms with E-state index < -0.39 is 29.1 Å². The number of carbonyl (C=O) groups is 2. The van der Waals surface area contributed by atoms with Crippen LogP contribution in [0.25, 0.3) is 0 Å². The summed E-state index contributed by atoms with van der Waals surface area (Å²) < 4.78 is 22.1. The SMILES string of the molecule is C[C@@H]1CN(C(=O)[C@@H]2N[C@@H](CC(C)(C)C)[C@@]3(CNc4cc(Cl)ccc43)[C@H]2c2cccc(Cl)c2F)c2ccc(C(N)=O)cc2O1. The van der Waals surface area contributed by atoms with E-state index in [1.807, 2.05) is 25.1 Å². The van der Waals surface area contributed by atoms with Crippen LogP contribution >= 0.6 is 23.2 Å². The first kappa shape index (κ1) is 29.7. The van der Waals surface area contributed by atoms with Gasteiger partial charge in [-0.3, -0.25) is 9.59 Å². The molecule has 5 atom stereocenters. The van der Waals surface area contributed by atoms with Gasteiger partial charge in [0.15, 0.2) is 0 Å². The van der Waals surface area contributed by atoms with Crippen molar-refractivity contribution in [2.45, 2.75) is 63.6 Å². The number of hydrogen-bond donors (Lipinski definition) is 3. The van der Waals surface area contributed by atoms with Gasteiger partial charge in [-0.1, -0.05) is 62.2 Å². The topological polar surface area (TPSA) is 96.7 Å². The smallest absolute Gasteiger partial charge is 0.248 e. The largest absolute Gasteiger partial charge is 0.487 e. The quantitative estimate of drug-likeness (QED) is 0.318. The van der Waals surface area contributed by atoms with E-state index in [0.29, 0.717) is 28.6 Å². The highest BCUT2D eigenvalue weighted by Gasteiger charge is 2.62. The van der Waals surface area contributed by atoms with Gasteiger partial charge in [0.1, 0.15) is 17.7 Å². The van der Waals surface area contributed by atoms with E-state index in [1.165, 1.54) is 6.07 Å². The van der Waals surface area contributed by atoms with Crippen molar-refractivity contribution in [3.63, 3.8) is 0 Å². The third-order valence-electron chi connectivity index (χ3n) is 8.91. The lowest BCUT2D eigenvalue weighted by molar-refractivity contribution is -0.121. The number of hydrogen-bond acceptors (Lipinski definition) is 5. The third kappa shape index (κ3) is 5.03. The minimum Gasteiger partial charge on any atom is -0.487 e. The van der Waals surface area contributed by atoms with Crippen molar-refractivity contribution in [2.75, 3.05) is 23.3 Å². The molecule has 0 unspecified atom stereocenters. The molecule has 4 N–H and O–H groups in total. The molecule has 1 spiro atoms. The van der Waals surface area contributed by atoms with Crippen LogP contribution in [0.15, 0.2) is 54.6 Å². The lowest BCUT2D eigenvalue weighted by Crippen LogP contribution is -2.51. The molecule has 3 aliphatic rings. The second-order valence-electron chi connectivity index (χ2n) is 13.1. The van der Waals surface area contributed by atoms with Crippen LogP contribution in [0.5, 0.6) is 5.75 Å². The van der Waals surface area contributed by atoms with Crippen LogP contribution in [-0.2, 0) is 10.2 Å². The Hall–Kier alpha value is -3.33. The van der Waals surface area contributed by atoms with Crippen LogP contribution in [-0.4, -0.2) is 43.1 Å². The highest BCUT2D eigenvalue weighted by molar-refractivity contribution is 6.31. The number of carbonyl (C=O) groups excluding carboxylic acids is 2. The van der Waals surface area contributed by atoms with Crippen molar-refractivity contribution in [1.82, 2.24) is 5.32 Å². The molecule has 3 aromatic rings. The first-order chi connectivity index (χ1) is 20.3. The summed E-state index contributed by atoms with van der Waals surface area (Å²) in [7, 11) is 0. The van der Waals surface area contributed by atoms with Crippen molar-refractivity contribution in [3.8, 4) is 5.75 Å². The fourth-order valence-electron chi connectivity index (χ4n) is 7.23. The Morgan fingerprint density at radius 2 is 1.91 bits per heavy atom. The summed E-state index contributed by atoms with van der Waals surface area (Å²) >= 11 is 12.8. The number of halogens is 3. The first-order valence-electron chi connectivity index (χ1n) is 14.5. The molecule has 226 valence electrons. The molecule has 0 saturated carbocycles. The molecular weight excluding hydrogens is 590 g/mol. The second-order valence-corrected chi connectivity index (χ2v) is 13.9. The Labute approximate surface area is 260 Å². The molecular formula is C33H35Cl2FN4O3. The molecule has 1 saturated heterocycles. The van der Waals surface area contributed by atoms with Crippen LogP contribution in [0.1, 0.15) is 61.5 Å². The van der Waals surface area contributed by atoms with Gasteiger partial charge in [-0.2, -0.15) is 0 Å². The van der Waals surface area contributed by atoms with Gasteiger partial charge < -0.3 is 26.0 Å². The minimum absolute atomic E-state index is 0.00438. The number of benzene rings is 3. The molecule has 43 heavy (non-hydrogen) atoms. The number of amides is 2. The van der Waals surface area contributed by atoms with E-state index in [-0.39, 0.29) is 40.6 Å². The Kier molecular flexibility index (Phi) is 7.39. The average molecular weight is 626 g/mol. The van der Waals surface area contributed by atoms with Crippen molar-refractivity contribution in [3.05, 3.63) is 87.2 Å². The molecule has 10 heteroatoms. The fraction of sp³-hybridized carbons (Fsp3) is 0.394. The number of ether oxygens (including phenoxy) is 1. The maximum atomic E-state index is 16.1. The summed E-state index contributed by atoms with van der Waals surface area (Å²) in [5.41, 5.74) is 7.77. The Balaban J connectivity index is 1.54. The van der Waals surface area contributed by atoms with Crippen LogP contribution in [0.4, 0.5) is 15.8 Å². The number of anilines is 2.